The lowest BCUT2D eigenvalue weighted by molar-refractivity contribution is -0.348. The van der Waals surface area contributed by atoms with E-state index in [-0.39, 0.29) is 42.0 Å². The van der Waals surface area contributed by atoms with E-state index in [1.807, 2.05) is 0 Å². The van der Waals surface area contributed by atoms with Gasteiger partial charge in [-0.25, -0.2) is 17.2 Å². The fourth-order valence-electron chi connectivity index (χ4n) is 5.03. The van der Waals surface area contributed by atoms with E-state index in [2.05, 4.69) is 10.2 Å². The molecule has 2 heterocycles. The van der Waals surface area contributed by atoms with E-state index < -0.39 is 56.4 Å². The Morgan fingerprint density at radius 1 is 0.951 bits per heavy atom. The van der Waals surface area contributed by atoms with Crippen LogP contribution in [0.4, 0.5) is 35.1 Å². The largest absolute Gasteiger partial charge is 0.435 e. The van der Waals surface area contributed by atoms with Crippen molar-refractivity contribution in [2.75, 3.05) is 13.1 Å². The van der Waals surface area contributed by atoms with Gasteiger partial charge in [0.15, 0.2) is 9.84 Å². The molecule has 222 valence electrons. The first-order valence-electron chi connectivity index (χ1n) is 12.1. The molecule has 1 saturated heterocycles. The zero-order valence-electron chi connectivity index (χ0n) is 21.5. The molecule has 1 N–H and O–H groups in total. The highest BCUT2D eigenvalue weighted by Crippen LogP contribution is 2.53. The van der Waals surface area contributed by atoms with Crippen LogP contribution in [0.2, 0.25) is 0 Å². The van der Waals surface area contributed by atoms with Crippen LogP contribution in [0.25, 0.3) is 0 Å². The van der Waals surface area contributed by atoms with Crippen molar-refractivity contribution in [2.24, 2.45) is 0 Å². The van der Waals surface area contributed by atoms with Crippen molar-refractivity contribution < 1.29 is 48.3 Å². The molecule has 4 rings (SSSR count). The molecule has 0 spiro atoms. The first-order chi connectivity index (χ1) is 18.8. The molecular weight excluding hydrogens is 586 g/mol. The van der Waals surface area contributed by atoms with Crippen LogP contribution in [0, 0.1) is 19.7 Å². The predicted octanol–water partition coefficient (Wildman–Crippen LogP) is 5.60. The average Bonchev–Trinajstić information content (AvgIpc) is 3.48. The molecule has 0 radical (unpaired) electrons. The Morgan fingerprint density at radius 3 is 2.00 bits per heavy atom. The number of carbonyl (C=O) groups is 1. The van der Waals surface area contributed by atoms with Gasteiger partial charge in [0.2, 0.25) is 5.91 Å². The van der Waals surface area contributed by atoms with Gasteiger partial charge in [0.25, 0.3) is 0 Å². The van der Waals surface area contributed by atoms with Crippen molar-refractivity contribution in [1.82, 2.24) is 15.1 Å². The smallest absolute Gasteiger partial charge is 0.340 e. The van der Waals surface area contributed by atoms with E-state index in [1.54, 1.807) is 13.8 Å². The van der Waals surface area contributed by atoms with Gasteiger partial charge in [-0.3, -0.25) is 9.89 Å². The molecule has 1 aliphatic rings. The molecule has 0 saturated carbocycles. The summed E-state index contributed by atoms with van der Waals surface area (Å²) < 4.78 is 134. The predicted molar refractivity (Wildman–Crippen MR) is 130 cm³/mol. The minimum Gasteiger partial charge on any atom is -0.340 e. The molecule has 1 fully saturated rings. The van der Waals surface area contributed by atoms with E-state index in [9.17, 15) is 48.3 Å². The number of halogens is 8. The van der Waals surface area contributed by atoms with Crippen LogP contribution in [-0.2, 0) is 31.5 Å². The molecule has 6 nitrogen and oxygen atoms in total. The molecule has 0 aliphatic carbocycles. The van der Waals surface area contributed by atoms with Gasteiger partial charge in [-0.1, -0.05) is 24.3 Å². The molecule has 0 unspecified atom stereocenters. The molecule has 0 bridgehead atoms. The van der Waals surface area contributed by atoms with Gasteiger partial charge in [0.1, 0.15) is 10.6 Å². The van der Waals surface area contributed by atoms with Crippen LogP contribution in [-0.4, -0.2) is 54.9 Å². The van der Waals surface area contributed by atoms with Gasteiger partial charge in [-0.15, -0.1) is 0 Å². The third-order valence-corrected chi connectivity index (χ3v) is 9.91. The summed E-state index contributed by atoms with van der Waals surface area (Å²) in [6, 6.07) is 5.50. The summed E-state index contributed by atoms with van der Waals surface area (Å²) in [5, 5.41) is 6.73. The zero-order valence-corrected chi connectivity index (χ0v) is 22.3. The number of sulfone groups is 1. The van der Waals surface area contributed by atoms with E-state index in [0.29, 0.717) is 29.1 Å². The van der Waals surface area contributed by atoms with Gasteiger partial charge in [0, 0.05) is 29.9 Å². The lowest BCUT2D eigenvalue weighted by atomic mass is 9.90. The summed E-state index contributed by atoms with van der Waals surface area (Å²) in [5.74, 6) is -1.25. The van der Waals surface area contributed by atoms with Crippen molar-refractivity contribution in [1.29, 1.82) is 0 Å². The number of carbonyl (C=O) groups excluding carboxylic acids is 1. The second-order valence-electron chi connectivity index (χ2n) is 9.84. The summed E-state index contributed by atoms with van der Waals surface area (Å²) >= 11 is 0. The second-order valence-corrected chi connectivity index (χ2v) is 12.1. The van der Waals surface area contributed by atoms with Crippen molar-refractivity contribution in [2.45, 2.75) is 54.4 Å². The van der Waals surface area contributed by atoms with Crippen molar-refractivity contribution in [3.63, 3.8) is 0 Å². The molecule has 3 aromatic rings. The van der Waals surface area contributed by atoms with Gasteiger partial charge in [0.05, 0.1) is 17.0 Å². The SMILES string of the molecule is Cc1n[nH]c(C)c1CC(=O)N1CC[C@](c2ccc(C(F)(C(F)(F)F)C(F)(F)F)cc2)(S(=O)(=O)c2ccc(F)cc2)C1. The van der Waals surface area contributed by atoms with Crippen molar-refractivity contribution in [3.8, 4) is 0 Å². The first kappa shape index (κ1) is 30.5. The maximum atomic E-state index is 14.6. The summed E-state index contributed by atoms with van der Waals surface area (Å²) in [7, 11) is -4.54. The minimum atomic E-state index is -6.36. The quantitative estimate of drug-likeness (QED) is 0.292. The first-order valence-corrected chi connectivity index (χ1v) is 13.6. The third kappa shape index (κ3) is 4.97. The Morgan fingerprint density at radius 2 is 1.51 bits per heavy atom. The van der Waals surface area contributed by atoms with E-state index in [1.165, 1.54) is 4.90 Å². The van der Waals surface area contributed by atoms with E-state index >= 15 is 0 Å². The monoisotopic (exact) mass is 609 g/mol. The van der Waals surface area contributed by atoms with E-state index in [4.69, 9.17) is 0 Å². The van der Waals surface area contributed by atoms with Crippen LogP contribution in [0.3, 0.4) is 0 Å². The Labute approximate surface area is 229 Å². The van der Waals surface area contributed by atoms with Crippen LogP contribution in [0.5, 0.6) is 0 Å². The number of nitrogens with one attached hydrogen (secondary N) is 1. The van der Waals surface area contributed by atoms with Crippen LogP contribution < -0.4 is 0 Å². The standard InChI is InChI=1S/C26H23F8N3O3S/c1-15-21(16(2)36-35-15)13-22(38)37-12-11-23(14-37,41(39,40)20-9-7-19(27)8-10-20)17-3-5-18(6-4-17)24(28,25(29,30)31)26(32,33)34/h3-10H,11-14H2,1-2H3,(H,35,36)/t23-/m0/s1. The number of nitrogens with zero attached hydrogens (tertiary/aromatic N) is 2. The Balaban J connectivity index is 1.80. The number of alkyl halides is 7. The number of aryl methyl sites for hydroxylation is 2. The number of aromatic amines is 1. The summed E-state index contributed by atoms with van der Waals surface area (Å²) in [5.41, 5.74) is -6.02. The van der Waals surface area contributed by atoms with Crippen LogP contribution in [0.15, 0.2) is 53.4 Å². The number of benzene rings is 2. The Hall–Kier alpha value is -3.49. The summed E-state index contributed by atoms with van der Waals surface area (Å²) in [6.07, 6.45) is -13.2. The molecule has 1 aliphatic heterocycles. The number of likely N-dealkylation sites (tertiary alicyclic amines) is 1. The van der Waals surface area contributed by atoms with Gasteiger partial charge < -0.3 is 4.90 Å². The van der Waals surface area contributed by atoms with Gasteiger partial charge in [-0.05, 0) is 50.1 Å². The molecule has 1 amide bonds. The second kappa shape index (κ2) is 10.1. The molecular formula is C26H23F8N3O3S. The van der Waals surface area contributed by atoms with E-state index in [0.717, 1.165) is 24.3 Å². The Bertz CT molecular complexity index is 1510. The van der Waals surface area contributed by atoms with Crippen LogP contribution in [0.1, 0.15) is 34.5 Å². The van der Waals surface area contributed by atoms with Gasteiger partial charge >= 0.3 is 18.0 Å². The number of rotatable bonds is 6. The zero-order chi connectivity index (χ0) is 30.6. The highest BCUT2D eigenvalue weighted by atomic mass is 32.2. The Kier molecular flexibility index (Phi) is 7.51. The fraction of sp³-hybridized carbons (Fsp3) is 0.385. The summed E-state index contributed by atoms with van der Waals surface area (Å²) in [4.78, 5) is 14.0. The highest BCUT2D eigenvalue weighted by molar-refractivity contribution is 7.92. The van der Waals surface area contributed by atoms with Crippen LogP contribution >= 0.6 is 0 Å². The normalized spacial score (nSPS) is 18.6. The highest BCUT2D eigenvalue weighted by Gasteiger charge is 2.73. The maximum Gasteiger partial charge on any atom is 0.435 e. The summed E-state index contributed by atoms with van der Waals surface area (Å²) in [6.45, 7) is 2.70. The number of hydrogen-bond donors (Lipinski definition) is 1. The number of hydrogen-bond acceptors (Lipinski definition) is 4. The molecule has 1 aromatic heterocycles. The van der Waals surface area contributed by atoms with Gasteiger partial charge in [-0.2, -0.15) is 31.4 Å². The molecule has 15 heteroatoms. The topological polar surface area (TPSA) is 83.1 Å². The third-order valence-electron chi connectivity index (χ3n) is 7.42. The lowest BCUT2D eigenvalue weighted by Gasteiger charge is -2.32. The number of H-pyrrole nitrogens is 1. The fourth-order valence-corrected chi connectivity index (χ4v) is 7.11. The molecule has 2 aromatic carbocycles. The van der Waals surface area contributed by atoms with Crippen molar-refractivity contribution in [3.05, 3.63) is 82.4 Å². The average molecular weight is 610 g/mol. The maximum absolute atomic E-state index is 14.6. The molecule has 1 atom stereocenters. The number of aromatic nitrogens is 2. The minimum absolute atomic E-state index is 0.130. The number of amides is 1. The lowest BCUT2D eigenvalue weighted by Crippen LogP contribution is -2.50. The molecule has 41 heavy (non-hydrogen) atoms. The van der Waals surface area contributed by atoms with Crippen molar-refractivity contribution >= 4 is 15.7 Å².